The van der Waals surface area contributed by atoms with Crippen molar-refractivity contribution in [1.82, 2.24) is 15.2 Å². The van der Waals surface area contributed by atoms with Crippen LogP contribution in [0.3, 0.4) is 0 Å². The number of allylic oxidation sites excluding steroid dienone is 2. The van der Waals surface area contributed by atoms with Gasteiger partial charge in [-0.2, -0.15) is 0 Å². The number of carbonyl (C=O) groups is 3. The van der Waals surface area contributed by atoms with Crippen LogP contribution in [-0.4, -0.2) is 57.5 Å². The van der Waals surface area contributed by atoms with Crippen LogP contribution in [0.15, 0.2) is 35.5 Å². The topological polar surface area (TPSA) is 126 Å². The lowest BCUT2D eigenvalue weighted by Gasteiger charge is -2.30. The summed E-state index contributed by atoms with van der Waals surface area (Å²) in [6, 6.07) is 3.82. The Kier molecular flexibility index (Phi) is 8.86. The van der Waals surface area contributed by atoms with Gasteiger partial charge in [-0.05, 0) is 50.3 Å². The number of ketones is 1. The van der Waals surface area contributed by atoms with E-state index in [9.17, 15) is 19.5 Å². The van der Waals surface area contributed by atoms with Gasteiger partial charge in [0, 0.05) is 11.8 Å². The first kappa shape index (κ1) is 28.5. The number of hydrogen-bond acceptors (Lipinski definition) is 7. The van der Waals surface area contributed by atoms with E-state index in [0.717, 1.165) is 32.2 Å². The van der Waals surface area contributed by atoms with Crippen LogP contribution in [0, 0.1) is 25.7 Å². The third-order valence-corrected chi connectivity index (χ3v) is 7.63. The van der Waals surface area contributed by atoms with Crippen LogP contribution in [0.25, 0.3) is 10.4 Å². The van der Waals surface area contributed by atoms with Gasteiger partial charge in [0.2, 0.25) is 11.8 Å². The van der Waals surface area contributed by atoms with E-state index < -0.39 is 53.8 Å². The van der Waals surface area contributed by atoms with Gasteiger partial charge >= 0.3 is 0 Å². The van der Waals surface area contributed by atoms with Crippen molar-refractivity contribution >= 4 is 28.9 Å². The molecule has 0 spiro atoms. The van der Waals surface area contributed by atoms with Crippen molar-refractivity contribution in [3.63, 3.8) is 0 Å². The number of likely N-dealkylation sites (tertiary alicyclic amines) is 1. The standard InChI is InChI=1S/C27H35FN4O4S/c1-13(2)22(20(33)10-15(4)29)27(36)32-11-21(34)23(28)24(32)26(35)31-16(5)19-8-7-18(9-14(19)3)25-17(6)30-12-37-25/h7-10,12-13,16,21-24,34H,11,29H2,1-6H3,(H,31,35)/b15-10-/t16-,21-,22+,23-,24-/m0/s1. The Balaban J connectivity index is 1.82. The normalized spacial score (nSPS) is 21.7. The van der Waals surface area contributed by atoms with Crippen LogP contribution in [0.1, 0.15) is 50.6 Å². The molecule has 3 rings (SSSR count). The van der Waals surface area contributed by atoms with Crippen LogP contribution >= 0.6 is 11.3 Å². The SMILES string of the molecule is C/C(N)=C/C(=O)[C@H](C(=O)N1C[C@H](O)[C@H](F)[C@H]1C(=O)N[C@@H](C)c1ccc(-c2scnc2C)cc1C)C(C)C. The van der Waals surface area contributed by atoms with Gasteiger partial charge < -0.3 is 21.1 Å². The molecule has 0 radical (unpaired) electrons. The first-order chi connectivity index (χ1) is 17.3. The maximum Gasteiger partial charge on any atom is 0.246 e. The highest BCUT2D eigenvalue weighted by atomic mass is 32.1. The Morgan fingerprint density at radius 3 is 2.49 bits per heavy atom. The molecule has 37 heavy (non-hydrogen) atoms. The van der Waals surface area contributed by atoms with Gasteiger partial charge in [0.1, 0.15) is 18.1 Å². The fraction of sp³-hybridized carbons (Fsp3) is 0.481. The minimum absolute atomic E-state index is 0.239. The number of aryl methyl sites for hydroxylation is 2. The number of nitrogens with two attached hydrogens (primary N) is 1. The number of aromatic nitrogens is 1. The van der Waals surface area contributed by atoms with Gasteiger partial charge in [-0.25, -0.2) is 9.37 Å². The van der Waals surface area contributed by atoms with Crippen LogP contribution in [0.2, 0.25) is 0 Å². The van der Waals surface area contributed by atoms with Gasteiger partial charge in [0.05, 0.1) is 28.7 Å². The van der Waals surface area contributed by atoms with Gasteiger partial charge in [-0.15, -0.1) is 11.3 Å². The number of benzene rings is 1. The van der Waals surface area contributed by atoms with Crippen LogP contribution in [0.5, 0.6) is 0 Å². The zero-order chi connectivity index (χ0) is 27.6. The molecule has 1 aliphatic rings. The Morgan fingerprint density at radius 1 is 1.27 bits per heavy atom. The zero-order valence-corrected chi connectivity index (χ0v) is 22.8. The van der Waals surface area contributed by atoms with Gasteiger partial charge in [-0.1, -0.05) is 32.0 Å². The van der Waals surface area contributed by atoms with Gasteiger partial charge in [0.15, 0.2) is 12.0 Å². The van der Waals surface area contributed by atoms with Crippen LogP contribution < -0.4 is 11.1 Å². The molecule has 0 aliphatic carbocycles. The van der Waals surface area contributed by atoms with E-state index in [0.29, 0.717) is 0 Å². The summed E-state index contributed by atoms with van der Waals surface area (Å²) in [5, 5.41) is 13.0. The number of β-amino-alcohol motifs (C(OH)–C–C–N with tert-alkyl or cyclic N) is 1. The molecule has 0 saturated carbocycles. The molecular formula is C27H35FN4O4S. The number of aliphatic hydroxyl groups is 1. The second kappa shape index (κ2) is 11.5. The summed E-state index contributed by atoms with van der Waals surface area (Å²) in [5.41, 5.74) is 11.4. The summed E-state index contributed by atoms with van der Waals surface area (Å²) in [6.07, 6.45) is -2.35. The Bertz CT molecular complexity index is 1210. The summed E-state index contributed by atoms with van der Waals surface area (Å²) in [4.78, 5) is 45.7. The molecule has 1 saturated heterocycles. The first-order valence-corrected chi connectivity index (χ1v) is 13.1. The van der Waals surface area contributed by atoms with E-state index in [2.05, 4.69) is 10.3 Å². The van der Waals surface area contributed by atoms with Crippen molar-refractivity contribution in [2.45, 2.75) is 65.9 Å². The van der Waals surface area contributed by atoms with Crippen LogP contribution in [-0.2, 0) is 14.4 Å². The van der Waals surface area contributed by atoms with E-state index >= 15 is 4.39 Å². The summed E-state index contributed by atoms with van der Waals surface area (Å²) in [7, 11) is 0. The molecule has 8 nitrogen and oxygen atoms in total. The summed E-state index contributed by atoms with van der Waals surface area (Å²) in [5.74, 6) is -3.51. The number of thiazole rings is 1. The first-order valence-electron chi connectivity index (χ1n) is 12.2. The van der Waals surface area contributed by atoms with E-state index in [-0.39, 0.29) is 12.2 Å². The Morgan fingerprint density at radius 2 is 1.95 bits per heavy atom. The fourth-order valence-corrected chi connectivity index (χ4v) is 5.60. The summed E-state index contributed by atoms with van der Waals surface area (Å²) >= 11 is 1.55. The zero-order valence-electron chi connectivity index (χ0n) is 22.0. The number of hydrogen-bond donors (Lipinski definition) is 3. The second-order valence-corrected chi connectivity index (χ2v) is 10.9. The summed E-state index contributed by atoms with van der Waals surface area (Å²) < 4.78 is 15.1. The monoisotopic (exact) mass is 530 g/mol. The van der Waals surface area contributed by atoms with Crippen molar-refractivity contribution in [2.24, 2.45) is 17.6 Å². The molecule has 1 aromatic carbocycles. The number of halogens is 1. The number of carbonyl (C=O) groups excluding carboxylic acids is 3. The highest BCUT2D eigenvalue weighted by molar-refractivity contribution is 7.13. The molecule has 4 N–H and O–H groups in total. The molecule has 1 fully saturated rings. The minimum Gasteiger partial charge on any atom is -0.402 e. The smallest absolute Gasteiger partial charge is 0.246 e. The van der Waals surface area contributed by atoms with Gasteiger partial charge in [-0.3, -0.25) is 14.4 Å². The lowest BCUT2D eigenvalue weighted by atomic mass is 9.89. The lowest BCUT2D eigenvalue weighted by molar-refractivity contribution is -0.147. The quantitative estimate of drug-likeness (QED) is 0.356. The Hall–Kier alpha value is -3.11. The molecule has 2 aromatic rings. The largest absolute Gasteiger partial charge is 0.402 e. The van der Waals surface area contributed by atoms with E-state index in [1.54, 1.807) is 37.6 Å². The number of amides is 2. The van der Waals surface area contributed by atoms with Crippen molar-refractivity contribution < 1.29 is 23.9 Å². The average Bonchev–Trinajstić information content (AvgIpc) is 3.35. The van der Waals surface area contributed by atoms with Gasteiger partial charge in [0.25, 0.3) is 0 Å². The predicted octanol–water partition coefficient (Wildman–Crippen LogP) is 3.22. The highest BCUT2D eigenvalue weighted by Crippen LogP contribution is 2.31. The molecular weight excluding hydrogens is 495 g/mol. The molecule has 1 aromatic heterocycles. The second-order valence-electron chi connectivity index (χ2n) is 10.0. The lowest BCUT2D eigenvalue weighted by Crippen LogP contribution is -2.52. The third kappa shape index (κ3) is 6.07. The number of nitrogens with one attached hydrogen (secondary N) is 1. The van der Waals surface area contributed by atoms with E-state index in [1.807, 2.05) is 32.0 Å². The molecule has 10 heteroatoms. The highest BCUT2D eigenvalue weighted by Gasteiger charge is 2.50. The average molecular weight is 531 g/mol. The van der Waals surface area contributed by atoms with E-state index in [1.165, 1.54) is 13.0 Å². The number of nitrogens with zero attached hydrogens (tertiary/aromatic N) is 2. The molecule has 5 atom stereocenters. The molecule has 2 heterocycles. The van der Waals surface area contributed by atoms with Crippen molar-refractivity contribution in [3.05, 3.63) is 52.3 Å². The molecule has 1 aliphatic heterocycles. The van der Waals surface area contributed by atoms with Crippen LogP contribution in [0.4, 0.5) is 4.39 Å². The molecule has 0 unspecified atom stereocenters. The number of aliphatic hydroxyl groups excluding tert-OH is 1. The van der Waals surface area contributed by atoms with E-state index in [4.69, 9.17) is 5.73 Å². The predicted molar refractivity (Wildman–Crippen MR) is 141 cm³/mol. The molecule has 0 bridgehead atoms. The Labute approximate surface area is 220 Å². The van der Waals surface area contributed by atoms with Crippen molar-refractivity contribution in [1.29, 1.82) is 0 Å². The van der Waals surface area contributed by atoms with Crippen molar-refractivity contribution in [2.75, 3.05) is 6.54 Å². The minimum atomic E-state index is -1.98. The molecule has 200 valence electrons. The maximum atomic E-state index is 15.1. The molecule has 2 amide bonds. The third-order valence-electron chi connectivity index (χ3n) is 6.65. The fourth-order valence-electron chi connectivity index (χ4n) is 4.80. The van der Waals surface area contributed by atoms with Crippen molar-refractivity contribution in [3.8, 4) is 10.4 Å². The number of alkyl halides is 1. The number of rotatable bonds is 8. The maximum absolute atomic E-state index is 15.1. The summed E-state index contributed by atoms with van der Waals surface area (Å²) in [6.45, 7) is 10.2.